The number of thioether (sulfide) groups is 1. The van der Waals surface area contributed by atoms with Crippen LogP contribution in [0.15, 0.2) is 32.6 Å². The summed E-state index contributed by atoms with van der Waals surface area (Å²) >= 11 is 4.91. The zero-order chi connectivity index (χ0) is 19.2. The van der Waals surface area contributed by atoms with Gasteiger partial charge in [-0.25, -0.2) is 18.1 Å². The van der Waals surface area contributed by atoms with Crippen LogP contribution in [0, 0.1) is 0 Å². The second-order valence-electron chi connectivity index (χ2n) is 6.09. The Bertz CT molecular complexity index is 913. The third-order valence-electron chi connectivity index (χ3n) is 3.78. The van der Waals surface area contributed by atoms with E-state index in [9.17, 15) is 13.2 Å². The van der Waals surface area contributed by atoms with Crippen molar-refractivity contribution in [2.75, 3.05) is 18.6 Å². The lowest BCUT2D eigenvalue weighted by Gasteiger charge is -2.13. The third-order valence-corrected chi connectivity index (χ3v) is 6.07. The number of rotatable bonds is 10. The minimum atomic E-state index is -3.17. The fraction of sp³-hybridized carbons (Fsp3) is 0.529. The molecule has 26 heavy (non-hydrogen) atoms. The molecule has 0 aliphatic rings. The van der Waals surface area contributed by atoms with Crippen molar-refractivity contribution in [2.24, 2.45) is 0 Å². The molecule has 0 atom stereocenters. The van der Waals surface area contributed by atoms with Crippen molar-refractivity contribution < 1.29 is 8.42 Å². The molecule has 0 fully saturated rings. The quantitative estimate of drug-likeness (QED) is 0.333. The number of hydrogen-bond donors (Lipinski definition) is 1. The molecule has 0 unspecified atom stereocenters. The Morgan fingerprint density at radius 2 is 2.04 bits per heavy atom. The van der Waals surface area contributed by atoms with Gasteiger partial charge in [0.25, 0.3) is 5.56 Å². The average Bonchev–Trinajstić information content (AvgIpc) is 2.57. The number of benzene rings is 1. The fourth-order valence-electron chi connectivity index (χ4n) is 2.49. The van der Waals surface area contributed by atoms with Gasteiger partial charge in [-0.1, -0.05) is 47.5 Å². The zero-order valence-corrected chi connectivity index (χ0v) is 18.2. The van der Waals surface area contributed by atoms with Gasteiger partial charge in [-0.15, -0.1) is 0 Å². The van der Waals surface area contributed by atoms with Crippen LogP contribution in [0.2, 0.25) is 0 Å². The number of nitrogens with one attached hydrogen (secondary N) is 1. The molecule has 1 aromatic carbocycles. The third kappa shape index (κ3) is 6.37. The van der Waals surface area contributed by atoms with Gasteiger partial charge in [0.1, 0.15) is 0 Å². The molecule has 0 spiro atoms. The van der Waals surface area contributed by atoms with E-state index in [1.165, 1.54) is 11.8 Å². The maximum absolute atomic E-state index is 12.9. The summed E-state index contributed by atoms with van der Waals surface area (Å²) in [6.45, 7) is 3.15. The highest BCUT2D eigenvalue weighted by Gasteiger charge is 2.12. The minimum absolute atomic E-state index is 0.0239. The molecule has 6 nitrogen and oxygen atoms in total. The van der Waals surface area contributed by atoms with Gasteiger partial charge >= 0.3 is 0 Å². The van der Waals surface area contributed by atoms with Gasteiger partial charge in [-0.3, -0.25) is 9.36 Å². The Morgan fingerprint density at radius 1 is 1.27 bits per heavy atom. The zero-order valence-electron chi connectivity index (χ0n) is 15.0. The van der Waals surface area contributed by atoms with Crippen molar-refractivity contribution in [1.82, 2.24) is 14.3 Å². The summed E-state index contributed by atoms with van der Waals surface area (Å²) < 4.78 is 27.3. The first-order valence-corrected chi connectivity index (χ1v) is 12.3. The van der Waals surface area contributed by atoms with Crippen LogP contribution in [0.1, 0.15) is 32.6 Å². The lowest BCUT2D eigenvalue weighted by molar-refractivity contribution is 0.541. The van der Waals surface area contributed by atoms with Crippen molar-refractivity contribution >= 4 is 48.6 Å². The number of fused-ring (bicyclic) bond motifs is 1. The molecule has 0 radical (unpaired) electrons. The highest BCUT2D eigenvalue weighted by molar-refractivity contribution is 9.10. The van der Waals surface area contributed by atoms with Gasteiger partial charge < -0.3 is 0 Å². The van der Waals surface area contributed by atoms with E-state index >= 15 is 0 Å². The normalized spacial score (nSPS) is 12.0. The Kier molecular flexibility index (Phi) is 8.12. The summed E-state index contributed by atoms with van der Waals surface area (Å²) in [5.74, 6) is 0.685. The van der Waals surface area contributed by atoms with Gasteiger partial charge in [-0.05, 0) is 31.0 Å². The topological polar surface area (TPSA) is 81.1 Å². The van der Waals surface area contributed by atoms with E-state index in [2.05, 4.69) is 32.6 Å². The van der Waals surface area contributed by atoms with E-state index in [0.717, 1.165) is 30.0 Å². The smallest absolute Gasteiger partial charge is 0.262 e. The van der Waals surface area contributed by atoms with Gasteiger partial charge in [0.2, 0.25) is 10.0 Å². The van der Waals surface area contributed by atoms with E-state index in [4.69, 9.17) is 0 Å². The standard InChI is InChI=1S/C17H24BrN3O3S2/c1-3-4-5-10-21-16(22)14-12-13(18)7-8-15(14)20-17(21)25-11-6-9-19-26(2,23)24/h7-8,12,19H,3-6,9-11H2,1-2H3. The van der Waals surface area contributed by atoms with E-state index in [1.807, 2.05) is 18.2 Å². The Labute approximate surface area is 167 Å². The number of aromatic nitrogens is 2. The van der Waals surface area contributed by atoms with Crippen molar-refractivity contribution in [1.29, 1.82) is 0 Å². The van der Waals surface area contributed by atoms with E-state index in [1.54, 1.807) is 4.57 Å². The molecule has 1 aromatic heterocycles. The molecule has 0 saturated heterocycles. The summed E-state index contributed by atoms with van der Waals surface area (Å²) in [4.78, 5) is 17.6. The molecule has 144 valence electrons. The van der Waals surface area contributed by atoms with Crippen LogP contribution < -0.4 is 10.3 Å². The number of nitrogens with zero attached hydrogens (tertiary/aromatic N) is 2. The first kappa shape index (κ1) is 21.4. The van der Waals surface area contributed by atoms with Crippen LogP contribution in [0.4, 0.5) is 0 Å². The number of hydrogen-bond acceptors (Lipinski definition) is 5. The Morgan fingerprint density at radius 3 is 2.73 bits per heavy atom. The number of sulfonamides is 1. The maximum atomic E-state index is 12.9. The van der Waals surface area contributed by atoms with Crippen LogP contribution in [-0.4, -0.2) is 36.5 Å². The second kappa shape index (κ2) is 9.87. The maximum Gasteiger partial charge on any atom is 0.262 e. The van der Waals surface area contributed by atoms with Crippen molar-refractivity contribution in [3.8, 4) is 0 Å². The van der Waals surface area contributed by atoms with E-state index in [0.29, 0.717) is 41.3 Å². The summed E-state index contributed by atoms with van der Waals surface area (Å²) in [5.41, 5.74) is 0.658. The van der Waals surface area contributed by atoms with Crippen molar-refractivity contribution in [2.45, 2.75) is 44.3 Å². The van der Waals surface area contributed by atoms with Crippen LogP contribution >= 0.6 is 27.7 Å². The van der Waals surface area contributed by atoms with Crippen LogP contribution in [0.25, 0.3) is 10.9 Å². The fourth-order valence-corrected chi connectivity index (χ4v) is 4.33. The van der Waals surface area contributed by atoms with Crippen molar-refractivity contribution in [3.63, 3.8) is 0 Å². The predicted octanol–water partition coefficient (Wildman–Crippen LogP) is 3.38. The van der Waals surface area contributed by atoms with E-state index in [-0.39, 0.29) is 5.56 Å². The van der Waals surface area contributed by atoms with Gasteiger partial charge in [-0.2, -0.15) is 0 Å². The molecule has 0 saturated carbocycles. The monoisotopic (exact) mass is 461 g/mol. The minimum Gasteiger partial charge on any atom is -0.287 e. The van der Waals surface area contributed by atoms with Gasteiger partial charge in [0, 0.05) is 23.3 Å². The molecule has 0 aliphatic heterocycles. The van der Waals surface area contributed by atoms with Crippen LogP contribution in [0.3, 0.4) is 0 Å². The molecule has 0 amide bonds. The van der Waals surface area contributed by atoms with Crippen molar-refractivity contribution in [3.05, 3.63) is 33.0 Å². The van der Waals surface area contributed by atoms with Crippen LogP contribution in [0.5, 0.6) is 0 Å². The molecular weight excluding hydrogens is 438 g/mol. The predicted molar refractivity (Wildman–Crippen MR) is 111 cm³/mol. The molecule has 9 heteroatoms. The lowest BCUT2D eigenvalue weighted by Crippen LogP contribution is -2.24. The van der Waals surface area contributed by atoms with Gasteiger partial charge in [0.05, 0.1) is 17.2 Å². The average molecular weight is 462 g/mol. The number of halogens is 1. The summed E-state index contributed by atoms with van der Waals surface area (Å²) in [6.07, 6.45) is 4.89. The Balaban J connectivity index is 2.20. The van der Waals surface area contributed by atoms with E-state index < -0.39 is 10.0 Å². The molecule has 0 bridgehead atoms. The number of unbranched alkanes of at least 4 members (excludes halogenated alkanes) is 2. The Hall–Kier alpha value is -0.900. The molecular formula is C17H24BrN3O3S2. The highest BCUT2D eigenvalue weighted by Crippen LogP contribution is 2.21. The summed E-state index contributed by atoms with van der Waals surface area (Å²) in [6, 6.07) is 5.53. The molecule has 1 heterocycles. The molecule has 2 rings (SSSR count). The first-order valence-electron chi connectivity index (χ1n) is 8.59. The largest absolute Gasteiger partial charge is 0.287 e. The second-order valence-corrected chi connectivity index (χ2v) is 9.90. The summed E-state index contributed by atoms with van der Waals surface area (Å²) in [5, 5.41) is 1.30. The molecule has 1 N–H and O–H groups in total. The van der Waals surface area contributed by atoms with Crippen LogP contribution in [-0.2, 0) is 16.6 Å². The lowest BCUT2D eigenvalue weighted by atomic mass is 10.2. The first-order chi connectivity index (χ1) is 12.3. The van der Waals surface area contributed by atoms with Gasteiger partial charge in [0.15, 0.2) is 5.16 Å². The molecule has 2 aromatic rings. The summed E-state index contributed by atoms with van der Waals surface area (Å²) in [7, 11) is -3.17. The SMILES string of the molecule is CCCCCn1c(SCCCNS(C)(=O)=O)nc2ccc(Br)cc2c1=O. The highest BCUT2D eigenvalue weighted by atomic mass is 79.9. The molecule has 0 aliphatic carbocycles.